The summed E-state index contributed by atoms with van der Waals surface area (Å²) in [5.74, 6) is 0.465. The molecule has 0 aromatic heterocycles. The monoisotopic (exact) mass is 115 g/mol. The average Bonchev–Trinajstić information content (AvgIpc) is 1.69. The number of allylic oxidation sites excluding steroid dienone is 2. The molecule has 0 radical (unpaired) electrons. The molecule has 0 aromatic carbocycles. The van der Waals surface area contributed by atoms with E-state index in [1.165, 1.54) is 12.0 Å². The van der Waals surface area contributed by atoms with Gasteiger partial charge in [0, 0.05) is 5.41 Å². The lowest BCUT2D eigenvalue weighted by atomic mass is 10.6. The number of hydrogen-bond acceptors (Lipinski definition) is 3. The molecule has 7 heavy (non-hydrogen) atoms. The van der Waals surface area contributed by atoms with Gasteiger partial charge < -0.3 is 9.92 Å². The van der Waals surface area contributed by atoms with Crippen molar-refractivity contribution in [3.63, 3.8) is 0 Å². The van der Waals surface area contributed by atoms with E-state index in [0.29, 0.717) is 5.88 Å². The van der Waals surface area contributed by atoms with Crippen LogP contribution in [0.4, 0.5) is 0 Å². The van der Waals surface area contributed by atoms with Crippen LogP contribution in [0.1, 0.15) is 0 Å². The molecular formula is C4H5NOS. The predicted molar refractivity (Wildman–Crippen MR) is 30.1 cm³/mol. The molecule has 1 heterocycles. The van der Waals surface area contributed by atoms with E-state index >= 15 is 0 Å². The molecule has 1 aliphatic rings. The third-order valence-corrected chi connectivity index (χ3v) is 1.10. The fraction of sp³-hybridized carbons (Fsp3) is 0. The minimum atomic E-state index is 0.465. The van der Waals surface area contributed by atoms with Crippen molar-refractivity contribution < 1.29 is 4.18 Å². The van der Waals surface area contributed by atoms with Gasteiger partial charge in [-0.05, 0) is 12.2 Å². The lowest BCUT2D eigenvalue weighted by Gasteiger charge is -2.00. The number of rotatable bonds is 0. The lowest BCUT2D eigenvalue weighted by molar-refractivity contribution is 0.494. The second-order valence-corrected chi connectivity index (χ2v) is 1.71. The highest BCUT2D eigenvalue weighted by Crippen LogP contribution is 2.12. The first kappa shape index (κ1) is 4.59. The summed E-state index contributed by atoms with van der Waals surface area (Å²) in [5, 5.41) is 1.82. The molecule has 1 aliphatic heterocycles. The highest BCUT2D eigenvalue weighted by Gasteiger charge is 1.90. The summed E-state index contributed by atoms with van der Waals surface area (Å²) in [6, 6.07) is 0. The maximum absolute atomic E-state index is 5.20. The van der Waals surface area contributed by atoms with Crippen LogP contribution in [0.2, 0.25) is 0 Å². The van der Waals surface area contributed by atoms with Crippen molar-refractivity contribution in [3.05, 3.63) is 23.4 Å². The van der Waals surface area contributed by atoms with Crippen molar-refractivity contribution >= 4 is 12.0 Å². The first-order valence-electron chi connectivity index (χ1n) is 1.85. The highest BCUT2D eigenvalue weighted by molar-refractivity contribution is 7.97. The van der Waals surface area contributed by atoms with Crippen LogP contribution in [-0.4, -0.2) is 0 Å². The third-order valence-electron chi connectivity index (χ3n) is 0.539. The van der Waals surface area contributed by atoms with E-state index in [1.54, 1.807) is 6.08 Å². The van der Waals surface area contributed by atoms with Gasteiger partial charge in [0.1, 0.15) is 0 Å². The van der Waals surface area contributed by atoms with Gasteiger partial charge in [0.2, 0.25) is 0 Å². The number of nitrogens with two attached hydrogens (primary N) is 1. The van der Waals surface area contributed by atoms with E-state index in [4.69, 9.17) is 9.92 Å². The van der Waals surface area contributed by atoms with Crippen LogP contribution in [-0.2, 0) is 4.18 Å². The van der Waals surface area contributed by atoms with Gasteiger partial charge in [0.25, 0.3) is 0 Å². The van der Waals surface area contributed by atoms with E-state index < -0.39 is 0 Å². The van der Waals surface area contributed by atoms with Crippen molar-refractivity contribution in [1.29, 1.82) is 0 Å². The van der Waals surface area contributed by atoms with Crippen LogP contribution in [0.5, 0.6) is 0 Å². The van der Waals surface area contributed by atoms with Gasteiger partial charge in [0.05, 0.1) is 12.0 Å². The average molecular weight is 115 g/mol. The molecule has 0 saturated carbocycles. The summed E-state index contributed by atoms with van der Waals surface area (Å²) in [7, 11) is 0. The molecule has 0 bridgehead atoms. The van der Waals surface area contributed by atoms with Gasteiger partial charge in [-0.25, -0.2) is 0 Å². The Balaban J connectivity index is 2.57. The molecule has 2 nitrogen and oxygen atoms in total. The molecule has 0 aromatic rings. The number of hydrogen-bond donors (Lipinski definition) is 1. The Morgan fingerprint density at radius 1 is 1.71 bits per heavy atom. The molecule has 0 fully saturated rings. The van der Waals surface area contributed by atoms with Crippen molar-refractivity contribution in [2.45, 2.75) is 0 Å². The fourth-order valence-electron chi connectivity index (χ4n) is 0.277. The van der Waals surface area contributed by atoms with Crippen LogP contribution in [0.15, 0.2) is 23.4 Å². The maximum atomic E-state index is 5.20. The van der Waals surface area contributed by atoms with Crippen molar-refractivity contribution in [2.75, 3.05) is 0 Å². The largest absolute Gasteiger partial charge is 0.404 e. The highest BCUT2D eigenvalue weighted by atomic mass is 32.2. The fourth-order valence-corrected chi connectivity index (χ4v) is 0.642. The summed E-state index contributed by atoms with van der Waals surface area (Å²) in [4.78, 5) is 0. The molecule has 2 N–H and O–H groups in total. The van der Waals surface area contributed by atoms with Crippen LogP contribution in [0, 0.1) is 0 Å². The zero-order valence-electron chi connectivity index (χ0n) is 3.63. The first-order valence-corrected chi connectivity index (χ1v) is 2.66. The summed E-state index contributed by atoms with van der Waals surface area (Å²) in [6.07, 6.45) is 3.54. The Kier molecular flexibility index (Phi) is 1.26. The van der Waals surface area contributed by atoms with E-state index in [0.717, 1.165) is 0 Å². The molecule has 1 rings (SSSR count). The van der Waals surface area contributed by atoms with Gasteiger partial charge in [-0.15, -0.1) is 0 Å². The standard InChI is InChI=1S/C4H5NOS/c5-4-2-1-3-7-6-4/h1-3H,5H2. The van der Waals surface area contributed by atoms with Crippen molar-refractivity contribution in [2.24, 2.45) is 5.73 Å². The summed E-state index contributed by atoms with van der Waals surface area (Å²) < 4.78 is 4.75. The van der Waals surface area contributed by atoms with Crippen LogP contribution in [0.25, 0.3) is 0 Å². The van der Waals surface area contributed by atoms with E-state index in [2.05, 4.69) is 0 Å². The van der Waals surface area contributed by atoms with E-state index in [9.17, 15) is 0 Å². The quantitative estimate of drug-likeness (QED) is 0.478. The van der Waals surface area contributed by atoms with Crippen LogP contribution >= 0.6 is 12.0 Å². The SMILES string of the molecule is NC1=CC=CSO1. The maximum Gasteiger partial charge on any atom is 0.199 e. The minimum Gasteiger partial charge on any atom is -0.404 e. The Labute approximate surface area is 46.2 Å². The van der Waals surface area contributed by atoms with Gasteiger partial charge in [-0.1, -0.05) is 0 Å². The van der Waals surface area contributed by atoms with Crippen molar-refractivity contribution in [3.8, 4) is 0 Å². The van der Waals surface area contributed by atoms with Crippen LogP contribution in [0.3, 0.4) is 0 Å². The molecule has 0 spiro atoms. The normalized spacial score (nSPS) is 18.0. The summed E-state index contributed by atoms with van der Waals surface area (Å²) in [6.45, 7) is 0. The lowest BCUT2D eigenvalue weighted by Crippen LogP contribution is -1.97. The van der Waals surface area contributed by atoms with Crippen molar-refractivity contribution in [1.82, 2.24) is 0 Å². The Morgan fingerprint density at radius 2 is 2.57 bits per heavy atom. The van der Waals surface area contributed by atoms with Gasteiger partial charge in [-0.3, -0.25) is 0 Å². The molecule has 38 valence electrons. The van der Waals surface area contributed by atoms with Gasteiger partial charge in [-0.2, -0.15) is 0 Å². The molecule has 0 unspecified atom stereocenters. The summed E-state index contributed by atoms with van der Waals surface area (Å²) in [5.41, 5.74) is 5.20. The molecule has 0 aliphatic carbocycles. The smallest absolute Gasteiger partial charge is 0.199 e. The van der Waals surface area contributed by atoms with Gasteiger partial charge in [0.15, 0.2) is 5.88 Å². The topological polar surface area (TPSA) is 35.2 Å². The molecule has 0 saturated heterocycles. The van der Waals surface area contributed by atoms with Gasteiger partial charge >= 0.3 is 0 Å². The molecule has 3 heteroatoms. The molecule has 0 amide bonds. The zero-order valence-corrected chi connectivity index (χ0v) is 4.44. The second-order valence-electron chi connectivity index (χ2n) is 1.08. The van der Waals surface area contributed by atoms with E-state index in [1.807, 2.05) is 11.5 Å². The van der Waals surface area contributed by atoms with Crippen LogP contribution < -0.4 is 5.73 Å². The Hall–Kier alpha value is -0.570. The Bertz CT molecular complexity index is 119. The minimum absolute atomic E-state index is 0.465. The first-order chi connectivity index (χ1) is 3.39. The Morgan fingerprint density at radius 3 is 2.86 bits per heavy atom. The molecular weight excluding hydrogens is 110 g/mol. The summed E-state index contributed by atoms with van der Waals surface area (Å²) >= 11 is 1.23. The third kappa shape index (κ3) is 1.16. The van der Waals surface area contributed by atoms with E-state index in [-0.39, 0.29) is 0 Å². The predicted octanol–water partition coefficient (Wildman–Crippen LogP) is 0.979. The second kappa shape index (κ2) is 1.93. The molecule has 0 atom stereocenters. The zero-order chi connectivity index (χ0) is 5.11.